The second-order valence-corrected chi connectivity index (χ2v) is 6.43. The van der Waals surface area contributed by atoms with E-state index in [0.29, 0.717) is 18.5 Å². The van der Waals surface area contributed by atoms with Crippen molar-refractivity contribution in [2.75, 3.05) is 13.1 Å². The fourth-order valence-corrected chi connectivity index (χ4v) is 4.40. The molecule has 4 aliphatic rings. The van der Waals surface area contributed by atoms with Crippen LogP contribution < -0.4 is 5.73 Å². The first-order chi connectivity index (χ1) is 8.23. The average Bonchev–Trinajstić information content (AvgIpc) is 2.40. The Kier molecular flexibility index (Phi) is 3.18. The largest absolute Gasteiger partial charge is 0.388 e. The molecule has 0 aromatic carbocycles. The van der Waals surface area contributed by atoms with Crippen LogP contribution in [-0.4, -0.2) is 40.8 Å². The monoisotopic (exact) mass is 238 g/mol. The maximum absolute atomic E-state index is 10.5. The molecule has 0 aromatic rings. The third-order valence-electron chi connectivity index (χ3n) is 5.49. The Bertz CT molecular complexity index is 277. The number of nitrogens with two attached hydrogens (primary N) is 1. The number of hydrogen-bond donors (Lipinski definition) is 2. The van der Waals surface area contributed by atoms with Crippen LogP contribution in [0.5, 0.6) is 0 Å². The van der Waals surface area contributed by atoms with E-state index in [1.807, 2.05) is 0 Å². The molecule has 3 unspecified atom stereocenters. The van der Waals surface area contributed by atoms with Gasteiger partial charge in [0, 0.05) is 31.1 Å². The van der Waals surface area contributed by atoms with E-state index >= 15 is 0 Å². The average molecular weight is 238 g/mol. The zero-order chi connectivity index (χ0) is 11.9. The van der Waals surface area contributed by atoms with Gasteiger partial charge in [-0.2, -0.15) is 0 Å². The normalized spacial score (nSPS) is 44.1. The maximum Gasteiger partial charge on any atom is 0.0824 e. The van der Waals surface area contributed by atoms with Gasteiger partial charge in [-0.25, -0.2) is 0 Å². The Balaban J connectivity index is 1.70. The SMILES string of the molecule is NCC1(O)CC2CCC1CN2C1CCCCC1. The van der Waals surface area contributed by atoms with E-state index in [2.05, 4.69) is 4.90 Å². The molecule has 2 aliphatic heterocycles. The van der Waals surface area contributed by atoms with Crippen LogP contribution in [0.4, 0.5) is 0 Å². The molecule has 0 aromatic heterocycles. The van der Waals surface area contributed by atoms with Crippen molar-refractivity contribution in [2.24, 2.45) is 11.7 Å². The minimum atomic E-state index is -0.548. The molecule has 0 spiro atoms. The summed E-state index contributed by atoms with van der Waals surface area (Å²) in [5.74, 6) is 0.430. The summed E-state index contributed by atoms with van der Waals surface area (Å²) in [7, 11) is 0. The standard InChI is InChI=1S/C14H26N2O/c15-10-14(17)8-13-7-6-11(14)9-16(13)12-4-2-1-3-5-12/h11-13,17H,1-10,15H2. The number of fused-ring (bicyclic) bond motifs is 3. The second-order valence-electron chi connectivity index (χ2n) is 6.43. The molecule has 2 heterocycles. The van der Waals surface area contributed by atoms with Gasteiger partial charge < -0.3 is 10.8 Å². The molecule has 4 rings (SSSR count). The lowest BCUT2D eigenvalue weighted by molar-refractivity contribution is -0.134. The first kappa shape index (κ1) is 11.9. The zero-order valence-electron chi connectivity index (χ0n) is 10.8. The van der Waals surface area contributed by atoms with E-state index in [1.54, 1.807) is 0 Å². The van der Waals surface area contributed by atoms with E-state index < -0.39 is 5.60 Å². The first-order valence-corrected chi connectivity index (χ1v) is 7.41. The molecule has 2 saturated heterocycles. The third kappa shape index (κ3) is 2.02. The van der Waals surface area contributed by atoms with Gasteiger partial charge in [-0.1, -0.05) is 19.3 Å². The van der Waals surface area contributed by atoms with E-state index in [4.69, 9.17) is 5.73 Å². The molecule has 0 radical (unpaired) electrons. The van der Waals surface area contributed by atoms with Gasteiger partial charge in [0.05, 0.1) is 5.60 Å². The van der Waals surface area contributed by atoms with Crippen LogP contribution in [0.3, 0.4) is 0 Å². The minimum absolute atomic E-state index is 0.430. The summed E-state index contributed by atoms with van der Waals surface area (Å²) in [5.41, 5.74) is 5.23. The number of hydrogen-bond acceptors (Lipinski definition) is 3. The molecule has 0 amide bonds. The summed E-state index contributed by atoms with van der Waals surface area (Å²) < 4.78 is 0. The Hall–Kier alpha value is -0.120. The van der Waals surface area contributed by atoms with E-state index in [9.17, 15) is 5.11 Å². The number of rotatable bonds is 2. The minimum Gasteiger partial charge on any atom is -0.388 e. The van der Waals surface area contributed by atoms with Crippen molar-refractivity contribution in [2.45, 2.75) is 69.1 Å². The fourth-order valence-electron chi connectivity index (χ4n) is 4.40. The lowest BCUT2D eigenvalue weighted by Crippen LogP contribution is -2.65. The molecule has 2 aliphatic carbocycles. The van der Waals surface area contributed by atoms with Crippen molar-refractivity contribution in [1.82, 2.24) is 4.90 Å². The van der Waals surface area contributed by atoms with Crippen LogP contribution in [0.25, 0.3) is 0 Å². The quantitative estimate of drug-likeness (QED) is 0.766. The molecule has 3 heteroatoms. The summed E-state index contributed by atoms with van der Waals surface area (Å²) in [4.78, 5) is 2.72. The Morgan fingerprint density at radius 1 is 1.06 bits per heavy atom. The molecule has 17 heavy (non-hydrogen) atoms. The van der Waals surface area contributed by atoms with Crippen LogP contribution in [0.15, 0.2) is 0 Å². The number of nitrogens with zero attached hydrogens (tertiary/aromatic N) is 1. The molecule has 2 saturated carbocycles. The third-order valence-corrected chi connectivity index (χ3v) is 5.49. The van der Waals surface area contributed by atoms with Gasteiger partial charge in [-0.15, -0.1) is 0 Å². The van der Waals surface area contributed by atoms with Crippen molar-refractivity contribution in [3.05, 3.63) is 0 Å². The zero-order valence-corrected chi connectivity index (χ0v) is 10.8. The topological polar surface area (TPSA) is 49.5 Å². The van der Waals surface area contributed by atoms with Gasteiger partial charge in [0.2, 0.25) is 0 Å². The van der Waals surface area contributed by atoms with Gasteiger partial charge >= 0.3 is 0 Å². The lowest BCUT2D eigenvalue weighted by Gasteiger charge is -2.56. The smallest absolute Gasteiger partial charge is 0.0824 e. The van der Waals surface area contributed by atoms with Crippen LogP contribution >= 0.6 is 0 Å². The molecule has 3 atom stereocenters. The van der Waals surface area contributed by atoms with Crippen molar-refractivity contribution in [1.29, 1.82) is 0 Å². The highest BCUT2D eigenvalue weighted by atomic mass is 16.3. The van der Waals surface area contributed by atoms with Crippen LogP contribution in [0, 0.1) is 5.92 Å². The highest BCUT2D eigenvalue weighted by molar-refractivity contribution is 5.04. The van der Waals surface area contributed by atoms with Crippen molar-refractivity contribution >= 4 is 0 Å². The summed E-state index contributed by atoms with van der Waals surface area (Å²) in [6, 6.07) is 1.41. The second kappa shape index (κ2) is 4.52. The molecule has 98 valence electrons. The predicted molar refractivity (Wildman–Crippen MR) is 68.7 cm³/mol. The number of piperidine rings is 2. The fraction of sp³-hybridized carbons (Fsp3) is 1.00. The Labute approximate surface area is 104 Å². The van der Waals surface area contributed by atoms with Crippen LogP contribution in [0.1, 0.15) is 51.4 Å². The number of aliphatic hydroxyl groups is 1. The van der Waals surface area contributed by atoms with Crippen LogP contribution in [-0.2, 0) is 0 Å². The molecule has 2 bridgehead atoms. The van der Waals surface area contributed by atoms with E-state index in [0.717, 1.165) is 19.0 Å². The summed E-state index contributed by atoms with van der Waals surface area (Å²) in [5, 5.41) is 10.5. The van der Waals surface area contributed by atoms with Gasteiger partial charge in [-0.3, -0.25) is 4.90 Å². The summed E-state index contributed by atoms with van der Waals surface area (Å²) in [6.45, 7) is 1.55. The van der Waals surface area contributed by atoms with Gasteiger partial charge in [0.15, 0.2) is 0 Å². The molecule has 3 N–H and O–H groups in total. The van der Waals surface area contributed by atoms with Crippen LogP contribution in [0.2, 0.25) is 0 Å². The lowest BCUT2D eigenvalue weighted by atomic mass is 9.68. The van der Waals surface area contributed by atoms with Gasteiger partial charge in [0.25, 0.3) is 0 Å². The van der Waals surface area contributed by atoms with Gasteiger partial charge in [-0.05, 0) is 32.1 Å². The van der Waals surface area contributed by atoms with Crippen molar-refractivity contribution in [3.8, 4) is 0 Å². The summed E-state index contributed by atoms with van der Waals surface area (Å²) >= 11 is 0. The molecular formula is C14H26N2O. The van der Waals surface area contributed by atoms with Crippen molar-refractivity contribution in [3.63, 3.8) is 0 Å². The Morgan fingerprint density at radius 2 is 1.82 bits per heavy atom. The molecule has 3 nitrogen and oxygen atoms in total. The highest BCUT2D eigenvalue weighted by Gasteiger charge is 2.49. The van der Waals surface area contributed by atoms with Crippen molar-refractivity contribution < 1.29 is 5.11 Å². The molecular weight excluding hydrogens is 212 g/mol. The van der Waals surface area contributed by atoms with E-state index in [-0.39, 0.29) is 0 Å². The summed E-state index contributed by atoms with van der Waals surface area (Å²) in [6.07, 6.45) is 10.4. The predicted octanol–water partition coefficient (Wildman–Crippen LogP) is 1.49. The Morgan fingerprint density at radius 3 is 2.41 bits per heavy atom. The molecule has 4 fully saturated rings. The first-order valence-electron chi connectivity index (χ1n) is 7.41. The van der Waals surface area contributed by atoms with E-state index in [1.165, 1.54) is 44.9 Å². The van der Waals surface area contributed by atoms with Gasteiger partial charge in [0.1, 0.15) is 0 Å². The maximum atomic E-state index is 10.5. The highest BCUT2D eigenvalue weighted by Crippen LogP contribution is 2.43.